The first-order valence-corrected chi connectivity index (χ1v) is 9.57. The van der Waals surface area contributed by atoms with Crippen molar-refractivity contribution >= 4 is 17.2 Å². The number of ether oxygens (including phenoxy) is 2. The minimum absolute atomic E-state index is 0.678. The molecule has 0 spiro atoms. The minimum atomic E-state index is 0.678. The summed E-state index contributed by atoms with van der Waals surface area (Å²) in [5, 5.41) is 3.67. The fourth-order valence-electron chi connectivity index (χ4n) is 3.68. The van der Waals surface area contributed by atoms with Crippen LogP contribution in [0.2, 0.25) is 0 Å². The van der Waals surface area contributed by atoms with Crippen molar-refractivity contribution < 1.29 is 9.47 Å². The Kier molecular flexibility index (Phi) is 4.89. The number of hydrogen-bond donors (Lipinski definition) is 1. The van der Waals surface area contributed by atoms with E-state index in [1.165, 1.54) is 11.1 Å². The zero-order chi connectivity index (χ0) is 20.5. The van der Waals surface area contributed by atoms with Gasteiger partial charge in [0.2, 0.25) is 0 Å². The van der Waals surface area contributed by atoms with Crippen LogP contribution in [0.5, 0.6) is 11.5 Å². The Hall–Kier alpha value is -3.47. The normalized spacial score (nSPS) is 10.9. The lowest BCUT2D eigenvalue weighted by Gasteiger charge is -2.15. The van der Waals surface area contributed by atoms with Crippen LogP contribution < -0.4 is 14.8 Å². The van der Waals surface area contributed by atoms with E-state index in [4.69, 9.17) is 14.5 Å². The predicted octanol–water partition coefficient (Wildman–Crippen LogP) is 5.69. The first-order chi connectivity index (χ1) is 14.0. The zero-order valence-electron chi connectivity index (χ0n) is 17.4. The second-order valence-corrected chi connectivity index (χ2v) is 7.13. The summed E-state index contributed by atoms with van der Waals surface area (Å²) >= 11 is 0. The number of nitrogens with one attached hydrogen (secondary N) is 1. The number of aryl methyl sites for hydroxylation is 3. The van der Waals surface area contributed by atoms with E-state index in [0.717, 1.165) is 34.1 Å². The highest BCUT2D eigenvalue weighted by Crippen LogP contribution is 2.37. The molecule has 5 heteroatoms. The lowest BCUT2D eigenvalue weighted by molar-refractivity contribution is 0.355. The summed E-state index contributed by atoms with van der Waals surface area (Å²) in [5.74, 6) is 2.31. The van der Waals surface area contributed by atoms with Crippen molar-refractivity contribution in [2.75, 3.05) is 19.5 Å². The lowest BCUT2D eigenvalue weighted by Crippen LogP contribution is -2.02. The Bertz CT molecular complexity index is 1170. The minimum Gasteiger partial charge on any atom is -0.493 e. The lowest BCUT2D eigenvalue weighted by atomic mass is 10.1. The molecule has 0 atom stereocenters. The van der Waals surface area contributed by atoms with Gasteiger partial charge in [-0.15, -0.1) is 0 Å². The van der Waals surface area contributed by atoms with Crippen LogP contribution in [0, 0.1) is 20.8 Å². The van der Waals surface area contributed by atoms with Crippen LogP contribution >= 0.6 is 0 Å². The van der Waals surface area contributed by atoms with E-state index in [1.807, 2.05) is 30.3 Å². The number of pyridine rings is 1. The van der Waals surface area contributed by atoms with Crippen molar-refractivity contribution in [2.24, 2.45) is 0 Å². The Morgan fingerprint density at radius 2 is 1.52 bits per heavy atom. The molecule has 4 rings (SSSR count). The fourth-order valence-corrected chi connectivity index (χ4v) is 3.68. The Morgan fingerprint density at radius 1 is 0.828 bits per heavy atom. The number of aromatic nitrogens is 2. The molecule has 2 aromatic heterocycles. The molecule has 0 saturated carbocycles. The van der Waals surface area contributed by atoms with E-state index < -0.39 is 0 Å². The van der Waals surface area contributed by atoms with Gasteiger partial charge in [-0.05, 0) is 62.2 Å². The molecule has 29 heavy (non-hydrogen) atoms. The van der Waals surface area contributed by atoms with Gasteiger partial charge in [0.1, 0.15) is 17.2 Å². The number of hydrogen-bond acceptors (Lipinski definition) is 4. The highest BCUT2D eigenvalue weighted by Gasteiger charge is 2.18. The highest BCUT2D eigenvalue weighted by molar-refractivity contribution is 5.82. The molecule has 4 aromatic rings. The maximum atomic E-state index is 5.51. The third kappa shape index (κ3) is 3.29. The monoisotopic (exact) mass is 387 g/mol. The van der Waals surface area contributed by atoms with E-state index in [2.05, 4.69) is 54.8 Å². The molecule has 0 fully saturated rings. The topological polar surface area (TPSA) is 47.8 Å². The summed E-state index contributed by atoms with van der Waals surface area (Å²) in [6.45, 7) is 6.31. The van der Waals surface area contributed by atoms with E-state index in [1.54, 1.807) is 14.2 Å². The molecular weight excluding hydrogens is 362 g/mol. The molecule has 0 aliphatic rings. The van der Waals surface area contributed by atoms with Gasteiger partial charge < -0.3 is 14.8 Å². The predicted molar refractivity (Wildman–Crippen MR) is 118 cm³/mol. The van der Waals surface area contributed by atoms with Crippen LogP contribution in [0.15, 0.2) is 54.6 Å². The first-order valence-electron chi connectivity index (χ1n) is 9.57. The van der Waals surface area contributed by atoms with Gasteiger partial charge in [0.25, 0.3) is 0 Å². The van der Waals surface area contributed by atoms with Gasteiger partial charge in [-0.25, -0.2) is 4.98 Å². The number of para-hydroxylation sites is 1. The average Bonchev–Trinajstić information content (AvgIpc) is 3.10. The van der Waals surface area contributed by atoms with Crippen molar-refractivity contribution in [1.82, 2.24) is 9.38 Å². The van der Waals surface area contributed by atoms with Crippen molar-refractivity contribution in [2.45, 2.75) is 20.8 Å². The standard InChI is InChI=1S/C24H25N3O2/c1-15-8-6-9-16(2)22(15)26-24-23(25-21-11-7-10-17(3)27(21)24)18-12-13-19(28-4)20(14-18)29-5/h6-14,26H,1-5H3. The van der Waals surface area contributed by atoms with E-state index in [0.29, 0.717) is 11.5 Å². The van der Waals surface area contributed by atoms with Gasteiger partial charge in [0.05, 0.1) is 14.2 Å². The summed E-state index contributed by atoms with van der Waals surface area (Å²) in [4.78, 5) is 4.93. The third-order valence-corrected chi connectivity index (χ3v) is 5.22. The van der Waals surface area contributed by atoms with Crippen LogP contribution in [0.25, 0.3) is 16.9 Å². The van der Waals surface area contributed by atoms with E-state index in [-0.39, 0.29) is 0 Å². The second-order valence-electron chi connectivity index (χ2n) is 7.13. The summed E-state index contributed by atoms with van der Waals surface area (Å²) < 4.78 is 13.1. The maximum absolute atomic E-state index is 5.51. The molecule has 1 N–H and O–H groups in total. The number of imidazole rings is 1. The summed E-state index contributed by atoms with van der Waals surface area (Å²) in [5.41, 5.74) is 7.29. The molecule has 0 unspecified atom stereocenters. The summed E-state index contributed by atoms with van der Waals surface area (Å²) in [7, 11) is 3.28. The van der Waals surface area contributed by atoms with E-state index in [9.17, 15) is 0 Å². The van der Waals surface area contributed by atoms with Gasteiger partial charge >= 0.3 is 0 Å². The van der Waals surface area contributed by atoms with Gasteiger partial charge in [0.15, 0.2) is 11.5 Å². The average molecular weight is 387 g/mol. The van der Waals surface area contributed by atoms with Crippen molar-refractivity contribution in [3.05, 3.63) is 71.4 Å². The molecule has 0 bridgehead atoms. The number of rotatable bonds is 5. The molecule has 0 aliphatic heterocycles. The highest BCUT2D eigenvalue weighted by atomic mass is 16.5. The number of anilines is 2. The summed E-state index contributed by atoms with van der Waals surface area (Å²) in [6, 6.07) is 18.3. The zero-order valence-corrected chi connectivity index (χ0v) is 17.4. The van der Waals surface area contributed by atoms with Gasteiger partial charge in [-0.1, -0.05) is 24.3 Å². The molecule has 2 heterocycles. The largest absolute Gasteiger partial charge is 0.493 e. The molecule has 148 valence electrons. The van der Waals surface area contributed by atoms with Crippen molar-refractivity contribution in [3.8, 4) is 22.8 Å². The number of benzene rings is 2. The molecule has 0 radical (unpaired) electrons. The van der Waals surface area contributed by atoms with E-state index >= 15 is 0 Å². The quantitative estimate of drug-likeness (QED) is 0.478. The molecule has 0 saturated heterocycles. The van der Waals surface area contributed by atoms with Gasteiger partial charge in [-0.2, -0.15) is 0 Å². The van der Waals surface area contributed by atoms with Gasteiger partial charge in [-0.3, -0.25) is 4.40 Å². The van der Waals surface area contributed by atoms with Gasteiger partial charge in [0, 0.05) is 16.9 Å². The molecular formula is C24H25N3O2. The molecule has 0 amide bonds. The molecule has 2 aromatic carbocycles. The fraction of sp³-hybridized carbons (Fsp3) is 0.208. The SMILES string of the molecule is COc1ccc(-c2nc3cccc(C)n3c2Nc2c(C)cccc2C)cc1OC. The number of methoxy groups -OCH3 is 2. The maximum Gasteiger partial charge on any atom is 0.161 e. The third-order valence-electron chi connectivity index (χ3n) is 5.22. The smallest absolute Gasteiger partial charge is 0.161 e. The van der Waals surface area contributed by atoms with Crippen LogP contribution in [0.4, 0.5) is 11.5 Å². The first kappa shape index (κ1) is 18.9. The van der Waals surface area contributed by atoms with Crippen molar-refractivity contribution in [1.29, 1.82) is 0 Å². The second kappa shape index (κ2) is 7.51. The Balaban J connectivity index is 1.96. The molecule has 5 nitrogen and oxygen atoms in total. The molecule has 0 aliphatic carbocycles. The number of fused-ring (bicyclic) bond motifs is 1. The van der Waals surface area contributed by atoms with Crippen LogP contribution in [-0.4, -0.2) is 23.6 Å². The van der Waals surface area contributed by atoms with Crippen LogP contribution in [0.1, 0.15) is 16.8 Å². The Labute approximate surface area is 170 Å². The Morgan fingerprint density at radius 3 is 2.21 bits per heavy atom. The van der Waals surface area contributed by atoms with Crippen LogP contribution in [0.3, 0.4) is 0 Å². The number of nitrogens with zero attached hydrogens (tertiary/aromatic N) is 2. The van der Waals surface area contributed by atoms with Crippen LogP contribution in [-0.2, 0) is 0 Å². The summed E-state index contributed by atoms with van der Waals surface area (Å²) in [6.07, 6.45) is 0. The van der Waals surface area contributed by atoms with Crippen molar-refractivity contribution in [3.63, 3.8) is 0 Å².